The first-order chi connectivity index (χ1) is 13.7. The molecule has 3 aromatic rings. The number of hydrogen-bond acceptors (Lipinski definition) is 4. The number of carbonyl (C=O) groups is 1. The van der Waals surface area contributed by atoms with E-state index >= 15 is 0 Å². The van der Waals surface area contributed by atoms with Crippen molar-refractivity contribution in [2.45, 2.75) is 32.7 Å². The maximum Gasteiger partial charge on any atom is 0.223 e. The number of amides is 1. The predicted molar refractivity (Wildman–Crippen MR) is 112 cm³/mol. The third-order valence-corrected chi connectivity index (χ3v) is 5.51. The van der Waals surface area contributed by atoms with Crippen LogP contribution in [0.5, 0.6) is 0 Å². The van der Waals surface area contributed by atoms with Gasteiger partial charge in [0.1, 0.15) is 0 Å². The van der Waals surface area contributed by atoms with Gasteiger partial charge in [-0.1, -0.05) is 31.2 Å². The molecule has 4 rings (SSSR count). The molecule has 0 spiro atoms. The molecule has 1 amide bonds. The van der Waals surface area contributed by atoms with Crippen LogP contribution >= 0.6 is 0 Å². The lowest BCUT2D eigenvalue weighted by Crippen LogP contribution is -2.40. The standard InChI is InChI=1S/C23H26N4O/c1-2-19-14-22(20-7-3-4-8-21(20)26-19)27-12-9-18(10-13-27)23(28)25-16-17-6-5-11-24-15-17/h3-8,11,14-15,18H,2,9-10,12-13,16H2,1H3,(H,25,28). The maximum absolute atomic E-state index is 12.6. The Hall–Kier alpha value is -2.95. The van der Waals surface area contributed by atoms with Crippen molar-refractivity contribution < 1.29 is 4.79 Å². The summed E-state index contributed by atoms with van der Waals surface area (Å²) < 4.78 is 0. The molecule has 0 saturated carbocycles. The number of hydrogen-bond donors (Lipinski definition) is 1. The number of benzene rings is 1. The predicted octanol–water partition coefficient (Wildman–Crippen LogP) is 3.73. The first-order valence-corrected chi connectivity index (χ1v) is 10.0. The van der Waals surface area contributed by atoms with Crippen LogP contribution in [-0.2, 0) is 17.8 Å². The van der Waals surface area contributed by atoms with Crippen molar-refractivity contribution in [1.29, 1.82) is 0 Å². The Bertz CT molecular complexity index is 949. The van der Waals surface area contributed by atoms with E-state index in [1.807, 2.05) is 18.2 Å². The average molecular weight is 374 g/mol. The lowest BCUT2D eigenvalue weighted by molar-refractivity contribution is -0.125. The molecule has 0 atom stereocenters. The van der Waals surface area contributed by atoms with Crippen LogP contribution in [-0.4, -0.2) is 29.0 Å². The molecule has 5 nitrogen and oxygen atoms in total. The molecule has 1 saturated heterocycles. The summed E-state index contributed by atoms with van der Waals surface area (Å²) in [6, 6.07) is 14.4. The largest absolute Gasteiger partial charge is 0.371 e. The molecule has 0 radical (unpaired) electrons. The highest BCUT2D eigenvalue weighted by Crippen LogP contribution is 2.30. The second-order valence-electron chi connectivity index (χ2n) is 7.34. The van der Waals surface area contributed by atoms with E-state index in [4.69, 9.17) is 4.98 Å². The molecule has 0 aliphatic carbocycles. The van der Waals surface area contributed by atoms with Gasteiger partial charge in [-0.05, 0) is 43.0 Å². The fourth-order valence-electron chi connectivity index (χ4n) is 3.87. The number of fused-ring (bicyclic) bond motifs is 1. The van der Waals surface area contributed by atoms with Gasteiger partial charge in [0.25, 0.3) is 0 Å². The Labute approximate surface area is 165 Å². The van der Waals surface area contributed by atoms with Gasteiger partial charge in [0.2, 0.25) is 5.91 Å². The number of carbonyl (C=O) groups excluding carboxylic acids is 1. The van der Waals surface area contributed by atoms with Crippen LogP contribution in [0.15, 0.2) is 54.9 Å². The van der Waals surface area contributed by atoms with Crippen molar-refractivity contribution in [3.05, 3.63) is 66.1 Å². The number of para-hydroxylation sites is 1. The fourth-order valence-corrected chi connectivity index (χ4v) is 3.87. The summed E-state index contributed by atoms with van der Waals surface area (Å²) in [7, 11) is 0. The second-order valence-corrected chi connectivity index (χ2v) is 7.34. The summed E-state index contributed by atoms with van der Waals surface area (Å²) in [5.74, 6) is 0.226. The number of nitrogens with zero attached hydrogens (tertiary/aromatic N) is 3. The van der Waals surface area contributed by atoms with Gasteiger partial charge in [0.15, 0.2) is 0 Å². The third-order valence-electron chi connectivity index (χ3n) is 5.51. The molecule has 0 bridgehead atoms. The van der Waals surface area contributed by atoms with Gasteiger partial charge in [0.05, 0.1) is 5.52 Å². The third kappa shape index (κ3) is 3.98. The van der Waals surface area contributed by atoms with Crippen molar-refractivity contribution in [2.24, 2.45) is 5.92 Å². The number of anilines is 1. The molecule has 1 aliphatic heterocycles. The van der Waals surface area contributed by atoms with Crippen molar-refractivity contribution in [3.8, 4) is 0 Å². The highest BCUT2D eigenvalue weighted by atomic mass is 16.1. The second kappa shape index (κ2) is 8.38. The Morgan fingerprint density at radius 3 is 2.75 bits per heavy atom. The smallest absolute Gasteiger partial charge is 0.223 e. The lowest BCUT2D eigenvalue weighted by atomic mass is 9.95. The van der Waals surface area contributed by atoms with Gasteiger partial charge in [-0.3, -0.25) is 14.8 Å². The number of nitrogens with one attached hydrogen (secondary N) is 1. The molecule has 1 fully saturated rings. The molecular formula is C23H26N4O. The molecule has 2 aromatic heterocycles. The quantitative estimate of drug-likeness (QED) is 0.739. The van der Waals surface area contributed by atoms with Gasteiger partial charge in [-0.15, -0.1) is 0 Å². The molecular weight excluding hydrogens is 348 g/mol. The number of piperidine rings is 1. The summed E-state index contributed by atoms with van der Waals surface area (Å²) in [6.45, 7) is 4.46. The van der Waals surface area contributed by atoms with Crippen LogP contribution < -0.4 is 10.2 Å². The Morgan fingerprint density at radius 1 is 1.18 bits per heavy atom. The minimum absolute atomic E-state index is 0.0756. The molecule has 5 heteroatoms. The van der Waals surface area contributed by atoms with E-state index in [0.717, 1.165) is 49.1 Å². The normalized spacial score (nSPS) is 15.0. The topological polar surface area (TPSA) is 58.1 Å². The van der Waals surface area contributed by atoms with Gasteiger partial charge < -0.3 is 10.2 Å². The minimum Gasteiger partial charge on any atom is -0.371 e. The van der Waals surface area contributed by atoms with Gasteiger partial charge >= 0.3 is 0 Å². The van der Waals surface area contributed by atoms with E-state index in [-0.39, 0.29) is 11.8 Å². The van der Waals surface area contributed by atoms with E-state index in [0.29, 0.717) is 6.54 Å². The zero-order valence-corrected chi connectivity index (χ0v) is 16.3. The van der Waals surface area contributed by atoms with Crippen molar-refractivity contribution in [2.75, 3.05) is 18.0 Å². The number of rotatable bonds is 5. The Kier molecular flexibility index (Phi) is 5.51. The molecule has 144 valence electrons. The molecule has 28 heavy (non-hydrogen) atoms. The van der Waals surface area contributed by atoms with E-state index in [1.165, 1.54) is 11.1 Å². The van der Waals surface area contributed by atoms with Gasteiger partial charge in [0, 0.05) is 54.7 Å². The molecule has 1 N–H and O–H groups in total. The highest BCUT2D eigenvalue weighted by Gasteiger charge is 2.26. The first-order valence-electron chi connectivity index (χ1n) is 10.0. The van der Waals surface area contributed by atoms with E-state index in [1.54, 1.807) is 12.4 Å². The summed E-state index contributed by atoms with van der Waals surface area (Å²) >= 11 is 0. The maximum atomic E-state index is 12.6. The fraction of sp³-hybridized carbons (Fsp3) is 0.348. The van der Waals surface area contributed by atoms with E-state index < -0.39 is 0 Å². The number of aryl methyl sites for hydroxylation is 1. The highest BCUT2D eigenvalue weighted by molar-refractivity contribution is 5.92. The zero-order chi connectivity index (χ0) is 19.3. The molecule has 0 unspecified atom stereocenters. The van der Waals surface area contributed by atoms with Crippen LogP contribution in [0.3, 0.4) is 0 Å². The SMILES string of the molecule is CCc1cc(N2CCC(C(=O)NCc3cccnc3)CC2)c2ccccc2n1. The number of pyridine rings is 2. The lowest BCUT2D eigenvalue weighted by Gasteiger charge is -2.34. The van der Waals surface area contributed by atoms with Crippen molar-refractivity contribution in [1.82, 2.24) is 15.3 Å². The van der Waals surface area contributed by atoms with Crippen molar-refractivity contribution in [3.63, 3.8) is 0 Å². The Morgan fingerprint density at radius 2 is 2.00 bits per heavy atom. The van der Waals surface area contributed by atoms with Crippen LogP contribution in [0.2, 0.25) is 0 Å². The summed E-state index contributed by atoms with van der Waals surface area (Å²) in [6.07, 6.45) is 6.20. The summed E-state index contributed by atoms with van der Waals surface area (Å²) in [5, 5.41) is 4.26. The van der Waals surface area contributed by atoms with E-state index in [2.05, 4.69) is 46.4 Å². The van der Waals surface area contributed by atoms with Crippen LogP contribution in [0, 0.1) is 5.92 Å². The van der Waals surface area contributed by atoms with Crippen LogP contribution in [0.25, 0.3) is 10.9 Å². The Balaban J connectivity index is 1.41. The molecule has 1 aliphatic rings. The van der Waals surface area contributed by atoms with Crippen LogP contribution in [0.1, 0.15) is 31.0 Å². The first kappa shape index (κ1) is 18.4. The molecule has 1 aromatic carbocycles. The summed E-state index contributed by atoms with van der Waals surface area (Å²) in [4.78, 5) is 23.8. The van der Waals surface area contributed by atoms with E-state index in [9.17, 15) is 4.79 Å². The van der Waals surface area contributed by atoms with Gasteiger partial charge in [-0.25, -0.2) is 0 Å². The molecule has 3 heterocycles. The number of aromatic nitrogens is 2. The van der Waals surface area contributed by atoms with Crippen molar-refractivity contribution >= 4 is 22.5 Å². The zero-order valence-electron chi connectivity index (χ0n) is 16.3. The average Bonchev–Trinajstić information content (AvgIpc) is 2.77. The monoisotopic (exact) mass is 374 g/mol. The van der Waals surface area contributed by atoms with Crippen LogP contribution in [0.4, 0.5) is 5.69 Å². The summed E-state index contributed by atoms with van der Waals surface area (Å²) in [5.41, 5.74) is 4.44. The van der Waals surface area contributed by atoms with Gasteiger partial charge in [-0.2, -0.15) is 0 Å². The minimum atomic E-state index is 0.0756.